The average Bonchev–Trinajstić information content (AvgIpc) is 2.64. The van der Waals surface area contributed by atoms with Crippen LogP contribution < -0.4 is 9.47 Å². The topological polar surface area (TPSA) is 38.7 Å². The smallest absolute Gasteiger partial charge is 0.231 e. The average molecular weight is 229 g/mol. The summed E-state index contributed by atoms with van der Waals surface area (Å²) in [5.41, 5.74) is 0.763. The summed E-state index contributed by atoms with van der Waals surface area (Å²) in [4.78, 5) is 0. The molecule has 1 aromatic rings. The van der Waals surface area contributed by atoms with Crippen molar-refractivity contribution in [1.82, 2.24) is 0 Å². The SMILES string of the molecule is CC(C)C(O)c1cc(Cl)c2c(c1)OCO2. The van der Waals surface area contributed by atoms with Gasteiger partial charge in [-0.2, -0.15) is 0 Å². The van der Waals surface area contributed by atoms with E-state index in [0.717, 1.165) is 5.56 Å². The van der Waals surface area contributed by atoms with Crippen LogP contribution >= 0.6 is 11.6 Å². The van der Waals surface area contributed by atoms with Crippen LogP contribution in [0.15, 0.2) is 12.1 Å². The molecule has 0 fully saturated rings. The first-order chi connectivity index (χ1) is 7.09. The summed E-state index contributed by atoms with van der Waals surface area (Å²) in [5, 5.41) is 10.4. The number of aliphatic hydroxyl groups is 1. The molecule has 15 heavy (non-hydrogen) atoms. The van der Waals surface area contributed by atoms with E-state index in [4.69, 9.17) is 21.1 Å². The summed E-state index contributed by atoms with van der Waals surface area (Å²) in [6.07, 6.45) is -0.531. The van der Waals surface area contributed by atoms with Crippen molar-refractivity contribution >= 4 is 11.6 Å². The van der Waals surface area contributed by atoms with Crippen LogP contribution in [0.2, 0.25) is 5.02 Å². The minimum atomic E-state index is -0.531. The van der Waals surface area contributed by atoms with Crippen molar-refractivity contribution in [3.8, 4) is 11.5 Å². The van der Waals surface area contributed by atoms with Gasteiger partial charge < -0.3 is 14.6 Å². The molecule has 0 saturated heterocycles. The Bertz CT molecular complexity index is 376. The number of aliphatic hydroxyl groups excluding tert-OH is 1. The fraction of sp³-hybridized carbons (Fsp3) is 0.455. The van der Waals surface area contributed by atoms with E-state index in [0.29, 0.717) is 16.5 Å². The van der Waals surface area contributed by atoms with E-state index in [9.17, 15) is 5.11 Å². The molecule has 82 valence electrons. The van der Waals surface area contributed by atoms with E-state index in [1.165, 1.54) is 0 Å². The number of halogens is 1. The van der Waals surface area contributed by atoms with E-state index in [-0.39, 0.29) is 12.7 Å². The Hall–Kier alpha value is -0.930. The molecule has 0 bridgehead atoms. The van der Waals surface area contributed by atoms with Crippen molar-refractivity contribution in [2.75, 3.05) is 6.79 Å². The number of hydrogen-bond donors (Lipinski definition) is 1. The van der Waals surface area contributed by atoms with E-state index >= 15 is 0 Å². The molecular formula is C11H13ClO3. The summed E-state index contributed by atoms with van der Waals surface area (Å²) in [5.74, 6) is 1.31. The van der Waals surface area contributed by atoms with E-state index in [1.807, 2.05) is 13.8 Å². The van der Waals surface area contributed by atoms with Crippen molar-refractivity contribution < 1.29 is 14.6 Å². The van der Waals surface area contributed by atoms with Crippen molar-refractivity contribution in [2.45, 2.75) is 20.0 Å². The second-order valence-corrected chi connectivity index (χ2v) is 4.33. The van der Waals surface area contributed by atoms with Crippen LogP contribution in [0, 0.1) is 5.92 Å². The highest BCUT2D eigenvalue weighted by molar-refractivity contribution is 6.32. The molecule has 0 aromatic heterocycles. The first kappa shape index (κ1) is 10.6. The van der Waals surface area contributed by atoms with Gasteiger partial charge in [0.15, 0.2) is 11.5 Å². The van der Waals surface area contributed by atoms with Crippen molar-refractivity contribution in [3.63, 3.8) is 0 Å². The maximum absolute atomic E-state index is 9.90. The van der Waals surface area contributed by atoms with Gasteiger partial charge >= 0.3 is 0 Å². The van der Waals surface area contributed by atoms with Gasteiger partial charge in [-0.05, 0) is 23.6 Å². The monoisotopic (exact) mass is 228 g/mol. The molecule has 4 heteroatoms. The van der Waals surface area contributed by atoms with Crippen LogP contribution in [-0.4, -0.2) is 11.9 Å². The molecule has 3 nitrogen and oxygen atoms in total. The third kappa shape index (κ3) is 1.90. The zero-order valence-corrected chi connectivity index (χ0v) is 9.41. The molecule has 0 radical (unpaired) electrons. The molecule has 1 atom stereocenters. The van der Waals surface area contributed by atoms with Crippen LogP contribution in [0.4, 0.5) is 0 Å². The van der Waals surface area contributed by atoms with Gasteiger partial charge in [0.2, 0.25) is 6.79 Å². The lowest BCUT2D eigenvalue weighted by Crippen LogP contribution is -2.05. The molecule has 0 spiro atoms. The molecule has 0 amide bonds. The molecule has 1 aliphatic heterocycles. The number of rotatable bonds is 2. The molecule has 2 rings (SSSR count). The number of fused-ring (bicyclic) bond motifs is 1. The molecule has 1 N–H and O–H groups in total. The van der Waals surface area contributed by atoms with Crippen LogP contribution in [0.3, 0.4) is 0 Å². The first-order valence-electron chi connectivity index (χ1n) is 4.86. The number of ether oxygens (including phenoxy) is 2. The minimum Gasteiger partial charge on any atom is -0.454 e. The van der Waals surface area contributed by atoms with Gasteiger partial charge in [0.1, 0.15) is 0 Å². The second kappa shape index (κ2) is 3.91. The third-order valence-corrected chi connectivity index (χ3v) is 2.70. The Morgan fingerprint density at radius 3 is 2.73 bits per heavy atom. The van der Waals surface area contributed by atoms with Gasteiger partial charge in [0.25, 0.3) is 0 Å². The lowest BCUT2D eigenvalue weighted by molar-refractivity contribution is 0.126. The van der Waals surface area contributed by atoms with Crippen molar-refractivity contribution in [3.05, 3.63) is 22.7 Å². The highest BCUT2D eigenvalue weighted by atomic mass is 35.5. The Morgan fingerprint density at radius 2 is 2.07 bits per heavy atom. The zero-order chi connectivity index (χ0) is 11.0. The number of benzene rings is 1. The zero-order valence-electron chi connectivity index (χ0n) is 8.66. The summed E-state index contributed by atoms with van der Waals surface area (Å²) >= 11 is 6.01. The summed E-state index contributed by atoms with van der Waals surface area (Å²) < 4.78 is 10.4. The van der Waals surface area contributed by atoms with Crippen LogP contribution in [0.1, 0.15) is 25.5 Å². The van der Waals surface area contributed by atoms with E-state index in [1.54, 1.807) is 12.1 Å². The highest BCUT2D eigenvalue weighted by Gasteiger charge is 2.21. The summed E-state index contributed by atoms with van der Waals surface area (Å²) in [7, 11) is 0. The predicted molar refractivity (Wildman–Crippen MR) is 57.4 cm³/mol. The Labute approximate surface area is 93.6 Å². The second-order valence-electron chi connectivity index (χ2n) is 3.93. The molecule has 0 aliphatic carbocycles. The largest absolute Gasteiger partial charge is 0.454 e. The number of hydrogen-bond acceptors (Lipinski definition) is 3. The maximum atomic E-state index is 9.90. The summed E-state index contributed by atoms with van der Waals surface area (Å²) in [6, 6.07) is 3.50. The van der Waals surface area contributed by atoms with Gasteiger partial charge in [0, 0.05) is 0 Å². The fourth-order valence-corrected chi connectivity index (χ4v) is 1.82. The third-order valence-electron chi connectivity index (χ3n) is 2.42. The normalized spacial score (nSPS) is 15.8. The van der Waals surface area contributed by atoms with Crippen molar-refractivity contribution in [2.24, 2.45) is 5.92 Å². The Kier molecular flexibility index (Phi) is 2.76. The molecule has 1 unspecified atom stereocenters. The van der Waals surface area contributed by atoms with Crippen LogP contribution in [-0.2, 0) is 0 Å². The van der Waals surface area contributed by atoms with Crippen LogP contribution in [0.5, 0.6) is 11.5 Å². The predicted octanol–water partition coefficient (Wildman–Crippen LogP) is 2.76. The summed E-state index contributed by atoms with van der Waals surface area (Å²) in [6.45, 7) is 4.09. The van der Waals surface area contributed by atoms with Gasteiger partial charge in [-0.25, -0.2) is 0 Å². The maximum Gasteiger partial charge on any atom is 0.231 e. The molecule has 0 saturated carbocycles. The minimum absolute atomic E-state index is 0.140. The molecule has 1 aliphatic rings. The quantitative estimate of drug-likeness (QED) is 0.846. The van der Waals surface area contributed by atoms with Crippen LogP contribution in [0.25, 0.3) is 0 Å². The van der Waals surface area contributed by atoms with Gasteiger partial charge in [-0.3, -0.25) is 0 Å². The van der Waals surface area contributed by atoms with Gasteiger partial charge in [-0.1, -0.05) is 25.4 Å². The van der Waals surface area contributed by atoms with Crippen molar-refractivity contribution in [1.29, 1.82) is 0 Å². The molecule has 1 heterocycles. The lowest BCUT2D eigenvalue weighted by atomic mass is 9.99. The lowest BCUT2D eigenvalue weighted by Gasteiger charge is -2.15. The van der Waals surface area contributed by atoms with E-state index in [2.05, 4.69) is 0 Å². The van der Waals surface area contributed by atoms with Gasteiger partial charge in [0.05, 0.1) is 11.1 Å². The molecule has 1 aromatic carbocycles. The fourth-order valence-electron chi connectivity index (χ4n) is 1.54. The van der Waals surface area contributed by atoms with E-state index < -0.39 is 6.10 Å². The Morgan fingerprint density at radius 1 is 1.33 bits per heavy atom. The Balaban J connectivity index is 2.39. The standard InChI is InChI=1S/C11H13ClO3/c1-6(2)10(13)7-3-8(12)11-9(4-7)14-5-15-11/h3-4,6,10,13H,5H2,1-2H3. The first-order valence-corrected chi connectivity index (χ1v) is 5.24. The molecular weight excluding hydrogens is 216 g/mol. The van der Waals surface area contributed by atoms with Gasteiger partial charge in [-0.15, -0.1) is 0 Å². The highest BCUT2D eigenvalue weighted by Crippen LogP contribution is 2.41.